The molecule has 0 fully saturated rings. The van der Waals surface area contributed by atoms with E-state index >= 15 is 0 Å². The quantitative estimate of drug-likeness (QED) is 0.572. The van der Waals surface area contributed by atoms with E-state index in [1.807, 2.05) is 12.1 Å². The topological polar surface area (TPSA) is 87.7 Å². The van der Waals surface area contributed by atoms with Crippen LogP contribution >= 0.6 is 15.9 Å². The van der Waals surface area contributed by atoms with Gasteiger partial charge in [0.2, 0.25) is 0 Å². The second-order valence-electron chi connectivity index (χ2n) is 5.66. The van der Waals surface area contributed by atoms with E-state index in [4.69, 9.17) is 4.74 Å². The normalized spacial score (nSPS) is 11.5. The lowest BCUT2D eigenvalue weighted by Gasteiger charge is -2.15. The van der Waals surface area contributed by atoms with Crippen molar-refractivity contribution in [3.8, 4) is 11.5 Å². The number of hydrogen-bond donors (Lipinski definition) is 3. The molecule has 0 aromatic heterocycles. The van der Waals surface area contributed by atoms with Crippen LogP contribution in [-0.2, 0) is 4.79 Å². The highest BCUT2D eigenvalue weighted by Crippen LogP contribution is 2.17. The number of benzene rings is 2. The van der Waals surface area contributed by atoms with Crippen LogP contribution in [0.2, 0.25) is 0 Å². The molecule has 1 unspecified atom stereocenters. The van der Waals surface area contributed by atoms with Crippen molar-refractivity contribution in [1.29, 1.82) is 0 Å². The van der Waals surface area contributed by atoms with E-state index in [0.717, 1.165) is 4.47 Å². The molecular formula is C19H21BrN2O4. The van der Waals surface area contributed by atoms with Crippen molar-refractivity contribution in [2.45, 2.75) is 19.4 Å². The molecule has 0 aliphatic heterocycles. The lowest BCUT2D eigenvalue weighted by Crippen LogP contribution is -2.37. The number of hydrogen-bond acceptors (Lipinski definition) is 4. The van der Waals surface area contributed by atoms with Gasteiger partial charge in [0.1, 0.15) is 11.5 Å². The molecule has 2 amide bonds. The Hall–Kier alpha value is -2.54. The fourth-order valence-corrected chi connectivity index (χ4v) is 2.43. The Morgan fingerprint density at radius 2 is 1.81 bits per heavy atom. The van der Waals surface area contributed by atoms with Gasteiger partial charge in [0.25, 0.3) is 11.8 Å². The average molecular weight is 421 g/mol. The number of amides is 2. The number of carbonyl (C=O) groups is 2. The van der Waals surface area contributed by atoms with Crippen LogP contribution in [0.15, 0.2) is 53.0 Å². The minimum absolute atomic E-state index is 0.0460. The molecule has 2 aromatic rings. The predicted octanol–water partition coefficient (Wildman–Crippen LogP) is 2.86. The molecule has 138 valence electrons. The number of phenols is 1. The largest absolute Gasteiger partial charge is 0.508 e. The standard InChI is InChI=1S/C19H21BrN2O4/c1-13(26-17-8-6-15(20)7-9-17)18(24)21-10-3-11-22-19(25)14-4-2-5-16(23)12-14/h2,4-9,12-13,23H,3,10-11H2,1H3,(H,21,24)(H,22,25). The number of phenolic OH excluding ortho intramolecular Hbond substituents is 1. The van der Waals surface area contributed by atoms with Crippen LogP contribution in [0.25, 0.3) is 0 Å². The molecule has 2 aromatic carbocycles. The summed E-state index contributed by atoms with van der Waals surface area (Å²) in [7, 11) is 0. The Balaban J connectivity index is 1.65. The highest BCUT2D eigenvalue weighted by molar-refractivity contribution is 9.10. The molecule has 0 aliphatic carbocycles. The monoisotopic (exact) mass is 420 g/mol. The zero-order valence-electron chi connectivity index (χ0n) is 14.4. The van der Waals surface area contributed by atoms with Gasteiger partial charge in [-0.25, -0.2) is 0 Å². The number of halogens is 1. The van der Waals surface area contributed by atoms with E-state index in [9.17, 15) is 14.7 Å². The van der Waals surface area contributed by atoms with E-state index in [2.05, 4.69) is 26.6 Å². The number of ether oxygens (including phenoxy) is 1. The summed E-state index contributed by atoms with van der Waals surface area (Å²) < 4.78 is 6.51. The van der Waals surface area contributed by atoms with Crippen molar-refractivity contribution in [1.82, 2.24) is 10.6 Å². The zero-order valence-corrected chi connectivity index (χ0v) is 16.0. The van der Waals surface area contributed by atoms with Gasteiger partial charge in [-0.2, -0.15) is 0 Å². The molecule has 0 bridgehead atoms. The summed E-state index contributed by atoms with van der Waals surface area (Å²) in [5.74, 6) is 0.185. The Labute approximate surface area is 160 Å². The molecule has 0 radical (unpaired) electrons. The van der Waals surface area contributed by atoms with Gasteiger partial charge in [-0.05, 0) is 55.8 Å². The molecule has 0 heterocycles. The number of aromatic hydroxyl groups is 1. The lowest BCUT2D eigenvalue weighted by atomic mass is 10.2. The maximum atomic E-state index is 12.0. The summed E-state index contributed by atoms with van der Waals surface area (Å²) in [5.41, 5.74) is 0.394. The van der Waals surface area contributed by atoms with Crippen LogP contribution in [0.1, 0.15) is 23.7 Å². The summed E-state index contributed by atoms with van der Waals surface area (Å²) in [6.07, 6.45) is -0.0283. The second kappa shape index (κ2) is 9.82. The third kappa shape index (κ3) is 6.40. The third-order valence-electron chi connectivity index (χ3n) is 3.54. The zero-order chi connectivity index (χ0) is 18.9. The van der Waals surface area contributed by atoms with Crippen LogP contribution in [-0.4, -0.2) is 36.1 Å². The first-order valence-corrected chi connectivity index (χ1v) is 9.02. The first-order chi connectivity index (χ1) is 12.5. The molecule has 6 nitrogen and oxygen atoms in total. The first kappa shape index (κ1) is 19.8. The predicted molar refractivity (Wildman–Crippen MR) is 102 cm³/mol. The first-order valence-electron chi connectivity index (χ1n) is 8.23. The minimum Gasteiger partial charge on any atom is -0.508 e. The minimum atomic E-state index is -0.613. The van der Waals surface area contributed by atoms with E-state index in [1.54, 1.807) is 31.2 Å². The second-order valence-corrected chi connectivity index (χ2v) is 6.58. The number of nitrogens with one attached hydrogen (secondary N) is 2. The van der Waals surface area contributed by atoms with Gasteiger partial charge in [0.15, 0.2) is 6.10 Å². The van der Waals surface area contributed by atoms with Crippen molar-refractivity contribution < 1.29 is 19.4 Å². The summed E-state index contributed by atoms with van der Waals surface area (Å²) >= 11 is 3.34. The SMILES string of the molecule is CC(Oc1ccc(Br)cc1)C(=O)NCCCNC(=O)c1cccc(O)c1. The summed E-state index contributed by atoms with van der Waals surface area (Å²) in [6, 6.07) is 13.4. The van der Waals surface area contributed by atoms with Crippen molar-refractivity contribution in [3.63, 3.8) is 0 Å². The maximum Gasteiger partial charge on any atom is 0.260 e. The molecule has 1 atom stereocenters. The average Bonchev–Trinajstić information content (AvgIpc) is 2.63. The Morgan fingerprint density at radius 1 is 1.12 bits per heavy atom. The molecular weight excluding hydrogens is 400 g/mol. The highest BCUT2D eigenvalue weighted by Gasteiger charge is 2.14. The number of carbonyl (C=O) groups excluding carboxylic acids is 2. The van der Waals surface area contributed by atoms with Gasteiger partial charge in [0, 0.05) is 23.1 Å². The fourth-order valence-electron chi connectivity index (χ4n) is 2.17. The van der Waals surface area contributed by atoms with Crippen LogP contribution in [0.5, 0.6) is 11.5 Å². The molecule has 0 spiro atoms. The van der Waals surface area contributed by atoms with Gasteiger partial charge >= 0.3 is 0 Å². The fraction of sp³-hybridized carbons (Fsp3) is 0.263. The van der Waals surface area contributed by atoms with Crippen LogP contribution in [0, 0.1) is 0 Å². The Bertz CT molecular complexity index is 749. The van der Waals surface area contributed by atoms with Crippen molar-refractivity contribution in [3.05, 3.63) is 58.6 Å². The molecule has 3 N–H and O–H groups in total. The smallest absolute Gasteiger partial charge is 0.260 e. The van der Waals surface area contributed by atoms with Crippen LogP contribution in [0.3, 0.4) is 0 Å². The summed E-state index contributed by atoms with van der Waals surface area (Å²) in [4.78, 5) is 23.9. The molecule has 7 heteroatoms. The van der Waals surface area contributed by atoms with Gasteiger partial charge in [0.05, 0.1) is 0 Å². The highest BCUT2D eigenvalue weighted by atomic mass is 79.9. The van der Waals surface area contributed by atoms with Gasteiger partial charge < -0.3 is 20.5 Å². The third-order valence-corrected chi connectivity index (χ3v) is 4.07. The molecule has 0 aliphatic rings. The molecule has 2 rings (SSSR count). The lowest BCUT2D eigenvalue weighted by molar-refractivity contribution is -0.127. The Kier molecular flexibility index (Phi) is 7.47. The van der Waals surface area contributed by atoms with Gasteiger partial charge in [-0.1, -0.05) is 22.0 Å². The molecule has 0 saturated heterocycles. The molecule has 0 saturated carbocycles. The van der Waals surface area contributed by atoms with Crippen molar-refractivity contribution in [2.75, 3.05) is 13.1 Å². The summed E-state index contributed by atoms with van der Waals surface area (Å²) in [5, 5.41) is 14.9. The Morgan fingerprint density at radius 3 is 2.50 bits per heavy atom. The van der Waals surface area contributed by atoms with Gasteiger partial charge in [-0.3, -0.25) is 9.59 Å². The van der Waals surface area contributed by atoms with Gasteiger partial charge in [-0.15, -0.1) is 0 Å². The van der Waals surface area contributed by atoms with E-state index < -0.39 is 6.10 Å². The molecule has 26 heavy (non-hydrogen) atoms. The van der Waals surface area contributed by atoms with E-state index in [-0.39, 0.29) is 17.6 Å². The maximum absolute atomic E-state index is 12.0. The van der Waals surface area contributed by atoms with E-state index in [0.29, 0.717) is 30.8 Å². The summed E-state index contributed by atoms with van der Waals surface area (Å²) in [6.45, 7) is 2.52. The van der Waals surface area contributed by atoms with Crippen LogP contribution < -0.4 is 15.4 Å². The van der Waals surface area contributed by atoms with Crippen molar-refractivity contribution >= 4 is 27.7 Å². The van der Waals surface area contributed by atoms with Crippen molar-refractivity contribution in [2.24, 2.45) is 0 Å². The number of rotatable bonds is 8. The van der Waals surface area contributed by atoms with Crippen LogP contribution in [0.4, 0.5) is 0 Å². The van der Waals surface area contributed by atoms with E-state index in [1.165, 1.54) is 12.1 Å².